The number of sulfonamides is 1. The number of carbonyl (C=O) groups is 2. The average Bonchev–Trinajstić information content (AvgIpc) is 3.22. The second kappa shape index (κ2) is 10.1. The van der Waals surface area contributed by atoms with E-state index in [9.17, 15) is 18.0 Å². The van der Waals surface area contributed by atoms with Crippen LogP contribution in [0.4, 0.5) is 5.69 Å². The van der Waals surface area contributed by atoms with Crippen molar-refractivity contribution >= 4 is 38.9 Å². The van der Waals surface area contributed by atoms with Crippen LogP contribution in [-0.4, -0.2) is 51.4 Å². The van der Waals surface area contributed by atoms with E-state index in [1.807, 2.05) is 0 Å². The number of carbonyl (C=O) groups excluding carboxylic acids is 2. The summed E-state index contributed by atoms with van der Waals surface area (Å²) in [6, 6.07) is 9.95. The fraction of sp³-hybridized carbons (Fsp3) is 0.400. The van der Waals surface area contributed by atoms with Crippen LogP contribution in [0.25, 0.3) is 0 Å². The van der Waals surface area contributed by atoms with E-state index in [4.69, 9.17) is 9.47 Å². The molecule has 3 rings (SSSR count). The molecule has 1 aliphatic rings. The van der Waals surface area contributed by atoms with Gasteiger partial charge in [-0.1, -0.05) is 12.5 Å². The Hall–Kier alpha value is -2.43. The van der Waals surface area contributed by atoms with E-state index < -0.39 is 28.5 Å². The number of nitrogens with zero attached hydrogens (tertiary/aromatic N) is 1. The number of thiophene rings is 1. The third kappa shape index (κ3) is 5.80. The van der Waals surface area contributed by atoms with Crippen LogP contribution in [0.2, 0.25) is 0 Å². The van der Waals surface area contributed by atoms with E-state index in [2.05, 4.69) is 5.32 Å². The van der Waals surface area contributed by atoms with Gasteiger partial charge in [-0.25, -0.2) is 8.42 Å². The molecule has 1 N–H and O–H groups in total. The minimum Gasteiger partial charge on any atom is -0.497 e. The van der Waals surface area contributed by atoms with Gasteiger partial charge in [0.05, 0.1) is 13.5 Å². The molecular weight excluding hydrogens is 428 g/mol. The highest BCUT2D eigenvalue weighted by Crippen LogP contribution is 2.27. The van der Waals surface area contributed by atoms with Crippen molar-refractivity contribution in [3.8, 4) is 5.75 Å². The fourth-order valence-electron chi connectivity index (χ4n) is 3.06. The number of rotatable bonds is 8. The van der Waals surface area contributed by atoms with Crippen LogP contribution in [0.5, 0.6) is 5.75 Å². The SMILES string of the molecule is COc1cccc(NC(=O)COC(=O)Cc2ccc(S(=O)(=O)N3CCCCC3)s2)c1. The van der Waals surface area contributed by atoms with E-state index in [1.165, 1.54) is 17.5 Å². The van der Waals surface area contributed by atoms with Crippen LogP contribution < -0.4 is 10.1 Å². The molecule has 0 spiro atoms. The number of amides is 1. The highest BCUT2D eigenvalue weighted by atomic mass is 32.2. The zero-order valence-corrected chi connectivity index (χ0v) is 18.3. The number of piperidine rings is 1. The number of hydrogen-bond donors (Lipinski definition) is 1. The van der Waals surface area contributed by atoms with Gasteiger partial charge in [0.15, 0.2) is 6.61 Å². The first-order valence-corrected chi connectivity index (χ1v) is 11.8. The summed E-state index contributed by atoms with van der Waals surface area (Å²) in [6.45, 7) is 0.625. The third-order valence-corrected chi connectivity index (χ3v) is 8.03. The second-order valence-corrected chi connectivity index (χ2v) is 10.1. The normalized spacial score (nSPS) is 14.8. The van der Waals surface area contributed by atoms with Gasteiger partial charge in [0, 0.05) is 29.7 Å². The maximum absolute atomic E-state index is 12.7. The lowest BCUT2D eigenvalue weighted by Crippen LogP contribution is -2.35. The van der Waals surface area contributed by atoms with E-state index in [0.717, 1.165) is 30.6 Å². The molecule has 0 atom stereocenters. The van der Waals surface area contributed by atoms with Crippen molar-refractivity contribution in [2.75, 3.05) is 32.1 Å². The van der Waals surface area contributed by atoms with Crippen molar-refractivity contribution in [2.45, 2.75) is 29.9 Å². The van der Waals surface area contributed by atoms with Crippen LogP contribution in [0.3, 0.4) is 0 Å². The standard InChI is InChI=1S/C20H24N2O6S2/c1-27-16-7-5-6-15(12-16)21-18(23)14-28-19(24)13-17-8-9-20(29-17)30(25,26)22-10-3-2-4-11-22/h5-9,12H,2-4,10-11,13-14H2,1H3,(H,21,23). The lowest BCUT2D eigenvalue weighted by Gasteiger charge is -2.25. The molecule has 2 aromatic rings. The maximum atomic E-state index is 12.7. The van der Waals surface area contributed by atoms with Crippen molar-refractivity contribution in [1.29, 1.82) is 0 Å². The predicted octanol–water partition coefficient (Wildman–Crippen LogP) is 2.66. The molecule has 0 bridgehead atoms. The highest BCUT2D eigenvalue weighted by molar-refractivity contribution is 7.91. The van der Waals surface area contributed by atoms with Crippen molar-refractivity contribution < 1.29 is 27.5 Å². The molecule has 10 heteroatoms. The molecule has 2 heterocycles. The first kappa shape index (κ1) is 22.3. The number of nitrogens with one attached hydrogen (secondary N) is 1. The van der Waals surface area contributed by atoms with Crippen molar-refractivity contribution in [3.05, 3.63) is 41.3 Å². The minimum absolute atomic E-state index is 0.0906. The molecule has 1 aliphatic heterocycles. The Kier molecular flexibility index (Phi) is 7.46. The summed E-state index contributed by atoms with van der Waals surface area (Å²) in [5.41, 5.74) is 0.529. The number of anilines is 1. The van der Waals surface area contributed by atoms with Gasteiger partial charge in [0.2, 0.25) is 0 Å². The predicted molar refractivity (Wildman–Crippen MR) is 113 cm³/mol. The summed E-state index contributed by atoms with van der Waals surface area (Å²) in [5, 5.41) is 2.62. The highest BCUT2D eigenvalue weighted by Gasteiger charge is 2.27. The van der Waals surface area contributed by atoms with E-state index in [-0.39, 0.29) is 10.6 Å². The molecule has 1 amide bonds. The molecule has 162 valence electrons. The summed E-state index contributed by atoms with van der Waals surface area (Å²) in [5.74, 6) is -0.478. The molecule has 0 unspecified atom stereocenters. The molecule has 0 saturated carbocycles. The molecule has 0 radical (unpaired) electrons. The first-order chi connectivity index (χ1) is 14.4. The van der Waals surface area contributed by atoms with Crippen molar-refractivity contribution in [2.24, 2.45) is 0 Å². The Morgan fingerprint density at radius 1 is 1.13 bits per heavy atom. The Bertz CT molecular complexity index is 996. The lowest BCUT2D eigenvalue weighted by atomic mass is 10.2. The zero-order chi connectivity index (χ0) is 21.6. The number of benzene rings is 1. The van der Waals surface area contributed by atoms with Gasteiger partial charge in [-0.3, -0.25) is 9.59 Å². The van der Waals surface area contributed by atoms with E-state index >= 15 is 0 Å². The Labute approximate surface area is 179 Å². The molecule has 1 fully saturated rings. The first-order valence-electron chi connectivity index (χ1n) is 9.57. The van der Waals surface area contributed by atoms with Crippen LogP contribution >= 0.6 is 11.3 Å². The Morgan fingerprint density at radius 2 is 1.90 bits per heavy atom. The monoisotopic (exact) mass is 452 g/mol. The maximum Gasteiger partial charge on any atom is 0.311 e. The Morgan fingerprint density at radius 3 is 2.63 bits per heavy atom. The second-order valence-electron chi connectivity index (χ2n) is 6.80. The quantitative estimate of drug-likeness (QED) is 0.618. The van der Waals surface area contributed by atoms with E-state index in [0.29, 0.717) is 29.4 Å². The summed E-state index contributed by atoms with van der Waals surface area (Å²) in [7, 11) is -1.99. The zero-order valence-electron chi connectivity index (χ0n) is 16.6. The Balaban J connectivity index is 1.50. The molecule has 30 heavy (non-hydrogen) atoms. The van der Waals surface area contributed by atoms with Crippen molar-refractivity contribution in [1.82, 2.24) is 4.31 Å². The number of hydrogen-bond acceptors (Lipinski definition) is 7. The van der Waals surface area contributed by atoms with Crippen LogP contribution in [0.1, 0.15) is 24.1 Å². The number of methoxy groups -OCH3 is 1. The molecule has 1 saturated heterocycles. The van der Waals surface area contributed by atoms with Crippen molar-refractivity contribution in [3.63, 3.8) is 0 Å². The lowest BCUT2D eigenvalue weighted by molar-refractivity contribution is -0.146. The van der Waals surface area contributed by atoms with Gasteiger partial charge >= 0.3 is 5.97 Å². The topological polar surface area (TPSA) is 102 Å². The molecule has 8 nitrogen and oxygen atoms in total. The van der Waals surface area contributed by atoms with Crippen LogP contribution in [-0.2, 0) is 30.8 Å². The fourth-order valence-corrected chi connectivity index (χ4v) is 6.07. The van der Waals surface area contributed by atoms with Gasteiger partial charge < -0.3 is 14.8 Å². The van der Waals surface area contributed by atoms with Gasteiger partial charge in [0.1, 0.15) is 9.96 Å². The molecule has 1 aromatic carbocycles. The van der Waals surface area contributed by atoms with Crippen LogP contribution in [0, 0.1) is 0 Å². The summed E-state index contributed by atoms with van der Waals surface area (Å²) in [6.07, 6.45) is 2.68. The molecule has 0 aliphatic carbocycles. The third-order valence-electron chi connectivity index (χ3n) is 4.58. The number of ether oxygens (including phenoxy) is 2. The van der Waals surface area contributed by atoms with Gasteiger partial charge in [-0.15, -0.1) is 11.3 Å². The molecular formula is C20H24N2O6S2. The van der Waals surface area contributed by atoms with Gasteiger partial charge in [-0.2, -0.15) is 4.31 Å². The smallest absolute Gasteiger partial charge is 0.311 e. The van der Waals surface area contributed by atoms with Gasteiger partial charge in [0.25, 0.3) is 15.9 Å². The summed E-state index contributed by atoms with van der Waals surface area (Å²) < 4.78 is 37.2. The number of esters is 1. The van der Waals surface area contributed by atoms with E-state index in [1.54, 1.807) is 30.3 Å². The van der Waals surface area contributed by atoms with Gasteiger partial charge in [-0.05, 0) is 37.1 Å². The minimum atomic E-state index is -3.52. The summed E-state index contributed by atoms with van der Waals surface area (Å²) in [4.78, 5) is 24.6. The average molecular weight is 453 g/mol. The van der Waals surface area contributed by atoms with Crippen LogP contribution in [0.15, 0.2) is 40.6 Å². The largest absolute Gasteiger partial charge is 0.497 e. The summed E-state index contributed by atoms with van der Waals surface area (Å²) >= 11 is 1.06. The molecule has 1 aromatic heterocycles.